The summed E-state index contributed by atoms with van der Waals surface area (Å²) in [5.74, 6) is -1.59. The Morgan fingerprint density at radius 2 is 1.88 bits per heavy atom. The van der Waals surface area contributed by atoms with Crippen molar-refractivity contribution in [3.8, 4) is 0 Å². The molecule has 1 aromatic carbocycles. The van der Waals surface area contributed by atoms with Crippen molar-refractivity contribution in [2.24, 2.45) is 0 Å². The molecular weight excluding hydrogens is 220 g/mol. The third-order valence-corrected chi connectivity index (χ3v) is 2.61. The van der Waals surface area contributed by atoms with Crippen LogP contribution in [0.25, 0.3) is 0 Å². The first kappa shape index (κ1) is 11.3. The molecule has 0 atom stereocenters. The summed E-state index contributed by atoms with van der Waals surface area (Å²) in [5.41, 5.74) is 1.26. The number of fused-ring (bicyclic) bond motifs is 1. The molecule has 0 spiro atoms. The number of Topliss-reactive ketones (excluding diaryl/α,β-unsaturated/α-hetero) is 1. The van der Waals surface area contributed by atoms with Crippen LogP contribution in [0.2, 0.25) is 0 Å². The first-order chi connectivity index (χ1) is 8.04. The van der Waals surface area contributed by atoms with Gasteiger partial charge in [-0.2, -0.15) is 0 Å². The molecule has 0 heterocycles. The molecule has 2 rings (SSSR count). The topological polar surface area (TPSA) is 60.4 Å². The van der Waals surface area contributed by atoms with Crippen molar-refractivity contribution < 1.29 is 19.1 Å². The molecule has 0 fully saturated rings. The van der Waals surface area contributed by atoms with Crippen molar-refractivity contribution in [2.45, 2.75) is 6.92 Å². The molecule has 17 heavy (non-hydrogen) atoms. The Labute approximate surface area is 97.9 Å². The lowest BCUT2D eigenvalue weighted by molar-refractivity contribution is -0.135. The van der Waals surface area contributed by atoms with Crippen LogP contribution in [0, 0.1) is 6.92 Å². The van der Waals surface area contributed by atoms with Crippen molar-refractivity contribution in [3.05, 3.63) is 46.5 Å². The second kappa shape index (κ2) is 3.97. The average Bonchev–Trinajstić information content (AvgIpc) is 2.32. The first-order valence-electron chi connectivity index (χ1n) is 5.04. The van der Waals surface area contributed by atoms with Gasteiger partial charge < -0.3 is 4.74 Å². The summed E-state index contributed by atoms with van der Waals surface area (Å²) in [6.07, 6.45) is 1.04. The molecule has 86 valence electrons. The summed E-state index contributed by atoms with van der Waals surface area (Å²) in [5, 5.41) is 0. The second-order valence-corrected chi connectivity index (χ2v) is 3.79. The third-order valence-electron chi connectivity index (χ3n) is 2.61. The summed E-state index contributed by atoms with van der Waals surface area (Å²) in [6.45, 7) is 1.83. The normalized spacial score (nSPS) is 14.1. The molecule has 1 aromatic rings. The average molecular weight is 230 g/mol. The van der Waals surface area contributed by atoms with Crippen molar-refractivity contribution in [3.63, 3.8) is 0 Å². The van der Waals surface area contributed by atoms with E-state index in [1.54, 1.807) is 18.2 Å². The summed E-state index contributed by atoms with van der Waals surface area (Å²) in [6, 6.07) is 4.92. The largest absolute Gasteiger partial charge is 0.465 e. The van der Waals surface area contributed by atoms with Gasteiger partial charge in [0, 0.05) is 17.2 Å². The summed E-state index contributed by atoms with van der Waals surface area (Å²) >= 11 is 0. The number of hydrogen-bond donors (Lipinski definition) is 0. The zero-order valence-corrected chi connectivity index (χ0v) is 9.44. The molecule has 0 N–H and O–H groups in total. The highest BCUT2D eigenvalue weighted by atomic mass is 16.5. The number of allylic oxidation sites excluding steroid dienone is 1. The number of carbonyl (C=O) groups is 3. The molecule has 0 unspecified atom stereocenters. The van der Waals surface area contributed by atoms with E-state index in [1.807, 2.05) is 6.92 Å². The lowest BCUT2D eigenvalue weighted by Gasteiger charge is -2.13. The molecule has 4 heteroatoms. The van der Waals surface area contributed by atoms with Gasteiger partial charge in [-0.1, -0.05) is 17.7 Å². The Kier molecular flexibility index (Phi) is 2.63. The molecule has 0 amide bonds. The zero-order valence-electron chi connectivity index (χ0n) is 9.44. The number of hydrogen-bond acceptors (Lipinski definition) is 4. The minimum Gasteiger partial charge on any atom is -0.465 e. The van der Waals surface area contributed by atoms with Crippen molar-refractivity contribution in [1.82, 2.24) is 0 Å². The lowest BCUT2D eigenvalue weighted by Crippen LogP contribution is -2.23. The van der Waals surface area contributed by atoms with Gasteiger partial charge in [-0.3, -0.25) is 9.59 Å². The van der Waals surface area contributed by atoms with Crippen LogP contribution in [0.3, 0.4) is 0 Å². The predicted octanol–water partition coefficient (Wildman–Crippen LogP) is 1.47. The summed E-state index contributed by atoms with van der Waals surface area (Å²) < 4.78 is 4.47. The van der Waals surface area contributed by atoms with Crippen LogP contribution in [-0.2, 0) is 9.53 Å². The van der Waals surface area contributed by atoms with Gasteiger partial charge in [0.2, 0.25) is 5.78 Å². The van der Waals surface area contributed by atoms with Crippen LogP contribution < -0.4 is 0 Å². The Hall–Kier alpha value is -2.23. The van der Waals surface area contributed by atoms with Crippen LogP contribution in [0.15, 0.2) is 29.8 Å². The molecule has 0 saturated heterocycles. The first-order valence-corrected chi connectivity index (χ1v) is 5.04. The van der Waals surface area contributed by atoms with E-state index in [2.05, 4.69) is 4.74 Å². The van der Waals surface area contributed by atoms with Gasteiger partial charge in [0.25, 0.3) is 0 Å². The Morgan fingerprint density at radius 1 is 1.18 bits per heavy atom. The van der Waals surface area contributed by atoms with E-state index in [4.69, 9.17) is 0 Å². The SMILES string of the molecule is COC(=O)C1=CC(=O)c2cc(C)ccc2C1=O. The number of rotatable bonds is 1. The Morgan fingerprint density at radius 3 is 2.53 bits per heavy atom. The standard InChI is InChI=1S/C13H10O4/c1-7-3-4-8-9(5-7)11(14)6-10(12(8)15)13(16)17-2/h3-6H,1-2H3. The fourth-order valence-corrected chi connectivity index (χ4v) is 1.74. The molecule has 0 saturated carbocycles. The minimum absolute atomic E-state index is 0.214. The number of carbonyl (C=O) groups excluding carboxylic acids is 3. The van der Waals surface area contributed by atoms with E-state index in [9.17, 15) is 14.4 Å². The highest BCUT2D eigenvalue weighted by Crippen LogP contribution is 2.22. The van der Waals surface area contributed by atoms with E-state index in [0.717, 1.165) is 11.6 Å². The maximum Gasteiger partial charge on any atom is 0.342 e. The monoisotopic (exact) mass is 230 g/mol. The van der Waals surface area contributed by atoms with Crippen molar-refractivity contribution in [2.75, 3.05) is 7.11 Å². The van der Waals surface area contributed by atoms with Crippen LogP contribution in [0.4, 0.5) is 0 Å². The number of ether oxygens (including phenoxy) is 1. The smallest absolute Gasteiger partial charge is 0.342 e. The predicted molar refractivity (Wildman–Crippen MR) is 59.9 cm³/mol. The molecule has 1 aliphatic carbocycles. The zero-order chi connectivity index (χ0) is 12.6. The summed E-state index contributed by atoms with van der Waals surface area (Å²) in [7, 11) is 1.17. The number of benzene rings is 1. The third kappa shape index (κ3) is 1.78. The van der Waals surface area contributed by atoms with Gasteiger partial charge in [0.05, 0.1) is 7.11 Å². The molecule has 4 nitrogen and oxygen atoms in total. The number of methoxy groups -OCH3 is 1. The Balaban J connectivity index is 2.57. The van der Waals surface area contributed by atoms with E-state index >= 15 is 0 Å². The van der Waals surface area contributed by atoms with Gasteiger partial charge in [0.15, 0.2) is 5.78 Å². The van der Waals surface area contributed by atoms with Gasteiger partial charge in [-0.15, -0.1) is 0 Å². The van der Waals surface area contributed by atoms with Gasteiger partial charge in [0.1, 0.15) is 5.57 Å². The van der Waals surface area contributed by atoms with Crippen LogP contribution in [0.5, 0.6) is 0 Å². The maximum atomic E-state index is 12.0. The molecule has 0 bridgehead atoms. The van der Waals surface area contributed by atoms with Gasteiger partial charge >= 0.3 is 5.97 Å². The molecule has 0 radical (unpaired) electrons. The molecule has 0 aromatic heterocycles. The quantitative estimate of drug-likeness (QED) is 0.541. The van der Waals surface area contributed by atoms with Gasteiger partial charge in [-0.05, 0) is 13.0 Å². The Bertz CT molecular complexity index is 567. The summed E-state index contributed by atoms with van der Waals surface area (Å²) in [4.78, 5) is 35.1. The minimum atomic E-state index is -0.783. The number of ketones is 2. The van der Waals surface area contributed by atoms with E-state index in [-0.39, 0.29) is 16.9 Å². The van der Waals surface area contributed by atoms with E-state index in [1.165, 1.54) is 7.11 Å². The molecule has 0 aliphatic heterocycles. The molecule has 1 aliphatic rings. The number of aryl methyl sites for hydroxylation is 1. The van der Waals surface area contributed by atoms with Crippen LogP contribution >= 0.6 is 0 Å². The highest BCUT2D eigenvalue weighted by molar-refractivity contribution is 6.33. The van der Waals surface area contributed by atoms with Gasteiger partial charge in [-0.25, -0.2) is 4.79 Å². The molecular formula is C13H10O4. The van der Waals surface area contributed by atoms with E-state index in [0.29, 0.717) is 5.56 Å². The fourth-order valence-electron chi connectivity index (χ4n) is 1.74. The lowest BCUT2D eigenvalue weighted by atomic mass is 9.88. The highest BCUT2D eigenvalue weighted by Gasteiger charge is 2.29. The van der Waals surface area contributed by atoms with E-state index < -0.39 is 11.8 Å². The van der Waals surface area contributed by atoms with Crippen molar-refractivity contribution in [1.29, 1.82) is 0 Å². The second-order valence-electron chi connectivity index (χ2n) is 3.79. The van der Waals surface area contributed by atoms with Crippen LogP contribution in [0.1, 0.15) is 26.3 Å². The number of esters is 1. The fraction of sp³-hybridized carbons (Fsp3) is 0.154. The van der Waals surface area contributed by atoms with Crippen LogP contribution in [-0.4, -0.2) is 24.6 Å². The van der Waals surface area contributed by atoms with Crippen molar-refractivity contribution >= 4 is 17.5 Å². The maximum absolute atomic E-state index is 12.0.